The standard InChI is InChI=1S/C9H11NO.CH3F.2F2/c1-7-3-5-9(6-4-7)10-8(2)11;3*1-2/h3-6H,1-2H3,(H,10,11);1H3;;. The summed E-state index contributed by atoms with van der Waals surface area (Å²) in [6.07, 6.45) is 0. The van der Waals surface area contributed by atoms with Gasteiger partial charge in [0.1, 0.15) is 0 Å². The lowest BCUT2D eigenvalue weighted by Gasteiger charge is -2.00. The first-order chi connectivity index (χ1) is 8.18. The van der Waals surface area contributed by atoms with E-state index in [0.717, 1.165) is 5.69 Å². The van der Waals surface area contributed by atoms with Gasteiger partial charge < -0.3 is 5.32 Å². The van der Waals surface area contributed by atoms with Crippen molar-refractivity contribution in [2.75, 3.05) is 12.5 Å². The van der Waals surface area contributed by atoms with Crippen molar-refractivity contribution < 1.29 is 27.5 Å². The van der Waals surface area contributed by atoms with Gasteiger partial charge in [-0.25, -0.2) is 0 Å². The van der Waals surface area contributed by atoms with E-state index in [1.165, 1.54) is 12.5 Å². The van der Waals surface area contributed by atoms with Crippen molar-refractivity contribution in [3.63, 3.8) is 0 Å². The maximum atomic E-state index is 10.6. The molecule has 0 atom stereocenters. The van der Waals surface area contributed by atoms with E-state index in [2.05, 4.69) is 5.32 Å². The number of nitrogens with one attached hydrogen (secondary N) is 1. The van der Waals surface area contributed by atoms with Crippen LogP contribution in [-0.4, -0.2) is 13.1 Å². The van der Waals surface area contributed by atoms with E-state index in [0.29, 0.717) is 7.18 Å². The van der Waals surface area contributed by atoms with E-state index in [9.17, 15) is 9.18 Å². The van der Waals surface area contributed by atoms with E-state index >= 15 is 0 Å². The number of hydrogen-bond donors (Lipinski definition) is 1. The van der Waals surface area contributed by atoms with Crippen LogP contribution in [0.1, 0.15) is 12.5 Å². The van der Waals surface area contributed by atoms with Gasteiger partial charge in [-0.15, -0.1) is 0 Å². The first-order valence-electron chi connectivity index (χ1n) is 4.19. The maximum absolute atomic E-state index is 10.6. The second kappa shape index (κ2) is 16.8. The zero-order chi connectivity index (χ0) is 14.3. The minimum absolute atomic E-state index is 0.0335. The van der Waals surface area contributed by atoms with E-state index in [4.69, 9.17) is 18.3 Å². The van der Waals surface area contributed by atoms with Crippen LogP contribution in [0.4, 0.5) is 28.4 Å². The molecule has 0 saturated carbocycles. The summed E-state index contributed by atoms with van der Waals surface area (Å²) in [5.74, 6) is -0.0335. The van der Waals surface area contributed by atoms with Crippen molar-refractivity contribution in [1.82, 2.24) is 0 Å². The van der Waals surface area contributed by atoms with Crippen LogP contribution in [0.25, 0.3) is 0 Å². The Morgan fingerprint density at radius 1 is 1.00 bits per heavy atom. The average molecular weight is 259 g/mol. The summed E-state index contributed by atoms with van der Waals surface area (Å²) in [5, 5.41) is 2.69. The number of aryl methyl sites for hydroxylation is 1. The average Bonchev–Trinajstić information content (AvgIpc) is 2.39. The fourth-order valence-corrected chi connectivity index (χ4v) is 0.840. The molecule has 0 fully saturated rings. The van der Waals surface area contributed by atoms with Crippen molar-refractivity contribution in [2.45, 2.75) is 13.8 Å². The molecular weight excluding hydrogens is 245 g/mol. The van der Waals surface area contributed by atoms with Crippen LogP contribution in [0.3, 0.4) is 0 Å². The monoisotopic (exact) mass is 259 g/mol. The predicted octanol–water partition coefficient (Wildman–Crippen LogP) is 4.22. The Hall–Kier alpha value is -1.66. The molecule has 0 saturated heterocycles. The van der Waals surface area contributed by atoms with Crippen molar-refractivity contribution in [3.8, 4) is 0 Å². The molecule has 0 bridgehead atoms. The third-order valence-corrected chi connectivity index (χ3v) is 1.37. The summed E-state index contributed by atoms with van der Waals surface area (Å²) in [4.78, 5) is 10.6. The van der Waals surface area contributed by atoms with E-state index in [1.807, 2.05) is 31.2 Å². The second-order valence-corrected chi connectivity index (χ2v) is 2.55. The quantitative estimate of drug-likeness (QED) is 0.751. The molecule has 0 unspecified atom stereocenters. The molecule has 0 radical (unpaired) electrons. The van der Waals surface area contributed by atoms with Gasteiger partial charge in [-0.3, -0.25) is 9.18 Å². The number of halogens is 5. The summed E-state index contributed by atoms with van der Waals surface area (Å²) in [6.45, 7) is 3.51. The van der Waals surface area contributed by atoms with Crippen molar-refractivity contribution in [3.05, 3.63) is 29.8 Å². The number of hydrogen-bond acceptors (Lipinski definition) is 1. The fourth-order valence-electron chi connectivity index (χ4n) is 0.840. The number of alkyl halides is 1. The molecular formula is C10H14F5NO. The molecule has 0 spiro atoms. The highest BCUT2D eigenvalue weighted by molar-refractivity contribution is 5.88. The normalized spacial score (nSPS) is 7.06. The summed E-state index contributed by atoms with van der Waals surface area (Å²) >= 11 is 0. The maximum Gasteiger partial charge on any atom is 0.221 e. The molecule has 1 aromatic rings. The highest BCUT2D eigenvalue weighted by Crippen LogP contribution is 2.07. The lowest BCUT2D eigenvalue weighted by Crippen LogP contribution is -2.05. The third kappa shape index (κ3) is 14.3. The Bertz CT molecular complexity index is 266. The molecule has 1 aromatic carbocycles. The Balaban J connectivity index is -0.000000285. The van der Waals surface area contributed by atoms with Gasteiger partial charge in [-0.2, -0.15) is 0 Å². The van der Waals surface area contributed by atoms with Gasteiger partial charge >= 0.3 is 0 Å². The van der Waals surface area contributed by atoms with Gasteiger partial charge in [0.25, 0.3) is 0 Å². The van der Waals surface area contributed by atoms with Gasteiger partial charge in [0.2, 0.25) is 5.91 Å². The molecule has 1 amide bonds. The molecule has 17 heavy (non-hydrogen) atoms. The molecule has 1 rings (SSSR count). The fraction of sp³-hybridized carbons (Fsp3) is 0.300. The Kier molecular flexibility index (Phi) is 20.4. The zero-order valence-corrected chi connectivity index (χ0v) is 9.61. The summed E-state index contributed by atoms with van der Waals surface area (Å²) in [7, 11) is 0.500. The van der Waals surface area contributed by atoms with Crippen LogP contribution in [0.2, 0.25) is 0 Å². The van der Waals surface area contributed by atoms with Gasteiger partial charge in [0.05, 0.1) is 7.18 Å². The zero-order valence-electron chi connectivity index (χ0n) is 9.61. The largest absolute Gasteiger partial charge is 0.326 e. The lowest BCUT2D eigenvalue weighted by molar-refractivity contribution is -0.114. The molecule has 100 valence electrons. The van der Waals surface area contributed by atoms with Crippen LogP contribution in [0.15, 0.2) is 24.3 Å². The molecule has 0 aliphatic heterocycles. The number of benzene rings is 1. The predicted molar refractivity (Wildman–Crippen MR) is 56.9 cm³/mol. The van der Waals surface area contributed by atoms with Gasteiger partial charge in [-0.1, -0.05) is 17.7 Å². The summed E-state index contributed by atoms with van der Waals surface area (Å²) < 4.78 is 41.5. The smallest absolute Gasteiger partial charge is 0.221 e. The minimum Gasteiger partial charge on any atom is -0.326 e. The Morgan fingerprint density at radius 2 is 1.35 bits per heavy atom. The van der Waals surface area contributed by atoms with Gasteiger partial charge in [-0.05, 0) is 19.1 Å². The molecule has 0 heterocycles. The first kappa shape index (κ1) is 20.7. The number of amides is 1. The Morgan fingerprint density at radius 3 is 1.65 bits per heavy atom. The minimum atomic E-state index is -0.0335. The number of anilines is 1. The third-order valence-electron chi connectivity index (χ3n) is 1.37. The highest BCUT2D eigenvalue weighted by Gasteiger charge is 1.92. The van der Waals surface area contributed by atoms with Crippen LogP contribution in [0, 0.1) is 6.92 Å². The van der Waals surface area contributed by atoms with Crippen molar-refractivity contribution in [2.24, 2.45) is 0 Å². The van der Waals surface area contributed by atoms with Crippen molar-refractivity contribution in [1.29, 1.82) is 0 Å². The van der Waals surface area contributed by atoms with E-state index in [-0.39, 0.29) is 5.91 Å². The van der Waals surface area contributed by atoms with Crippen molar-refractivity contribution >= 4 is 11.6 Å². The molecule has 0 aliphatic carbocycles. The van der Waals surface area contributed by atoms with Crippen LogP contribution >= 0.6 is 0 Å². The Labute approximate surface area is 96.2 Å². The molecule has 7 heteroatoms. The SMILES string of the molecule is CC(=O)Nc1ccc(C)cc1.CF.FF.FF. The van der Waals surface area contributed by atoms with Gasteiger partial charge in [0.15, 0.2) is 0 Å². The van der Waals surface area contributed by atoms with E-state index in [1.54, 1.807) is 0 Å². The molecule has 0 aliphatic rings. The highest BCUT2D eigenvalue weighted by atomic mass is 20.0. The molecule has 0 aromatic heterocycles. The van der Waals surface area contributed by atoms with Gasteiger partial charge in [0, 0.05) is 30.9 Å². The van der Waals surface area contributed by atoms with E-state index < -0.39 is 0 Å². The number of rotatable bonds is 1. The first-order valence-corrected chi connectivity index (χ1v) is 4.19. The number of carbonyl (C=O) groups is 1. The molecule has 2 nitrogen and oxygen atoms in total. The van der Waals surface area contributed by atoms with Crippen LogP contribution in [-0.2, 0) is 4.79 Å². The lowest BCUT2D eigenvalue weighted by atomic mass is 10.2. The summed E-state index contributed by atoms with van der Waals surface area (Å²) in [6, 6.07) is 7.70. The van der Waals surface area contributed by atoms with Crippen LogP contribution in [0.5, 0.6) is 0 Å². The molecule has 1 N–H and O–H groups in total. The summed E-state index contributed by atoms with van der Waals surface area (Å²) in [5.41, 5.74) is 2.04. The second-order valence-electron chi connectivity index (χ2n) is 2.55. The van der Waals surface area contributed by atoms with Crippen LogP contribution < -0.4 is 5.32 Å². The topological polar surface area (TPSA) is 29.1 Å². The number of carbonyl (C=O) groups excluding carboxylic acids is 1.